The molecule has 2 aromatic carbocycles. The molecule has 16 nitrogen and oxygen atoms in total. The number of carboxylic acids is 2. The van der Waals surface area contributed by atoms with Crippen LogP contribution in [0.15, 0.2) is 55.0 Å². The van der Waals surface area contributed by atoms with Gasteiger partial charge in [0.05, 0.1) is 56.1 Å². The molecule has 5 atom stereocenters. The van der Waals surface area contributed by atoms with Gasteiger partial charge in [0.2, 0.25) is 17.7 Å². The molecule has 64 heavy (non-hydrogen) atoms. The molecule has 3 amide bonds. The lowest BCUT2D eigenvalue weighted by molar-refractivity contribution is -0.192. The molecule has 1 saturated heterocycles. The van der Waals surface area contributed by atoms with Crippen LogP contribution in [0.5, 0.6) is 0 Å². The predicted molar refractivity (Wildman–Crippen MR) is 226 cm³/mol. The minimum Gasteiger partial charge on any atom is -0.481 e. The number of H-pyrrole nitrogens is 1. The molecule has 5 rings (SSSR count). The fourth-order valence-electron chi connectivity index (χ4n) is 7.87. The maximum Gasteiger partial charge on any atom is 0.490 e. The van der Waals surface area contributed by atoms with Crippen LogP contribution < -0.4 is 10.6 Å². The van der Waals surface area contributed by atoms with E-state index in [2.05, 4.69) is 20.6 Å². The number of aliphatic carboxylic acids is 2. The Hall–Kier alpha value is -5.56. The number of nitrogens with one attached hydrogen (secondary N) is 3. The number of hydrogen-bond donors (Lipinski definition) is 6. The zero-order valence-electron chi connectivity index (χ0n) is 36.2. The van der Waals surface area contributed by atoms with Crippen molar-refractivity contribution in [2.24, 2.45) is 17.8 Å². The molecule has 19 heteroatoms. The Labute approximate surface area is 369 Å². The second kappa shape index (κ2) is 25.1. The summed E-state index contributed by atoms with van der Waals surface area (Å²) in [5.74, 6) is -6.56. The lowest BCUT2D eigenvalue weighted by Crippen LogP contribution is -2.56. The lowest BCUT2D eigenvalue weighted by Gasteiger charge is -2.35. The molecule has 0 radical (unpaired) electrons. The van der Waals surface area contributed by atoms with E-state index in [9.17, 15) is 47.4 Å². The summed E-state index contributed by atoms with van der Waals surface area (Å²) in [6.07, 6.45) is 1.20. The van der Waals surface area contributed by atoms with Gasteiger partial charge in [0.1, 0.15) is 12.1 Å². The summed E-state index contributed by atoms with van der Waals surface area (Å²) in [4.78, 5) is 84.9. The molecular weight excluding hydrogens is 844 g/mol. The highest BCUT2D eigenvalue weighted by Gasteiger charge is 2.39. The maximum atomic E-state index is 14.6. The van der Waals surface area contributed by atoms with Gasteiger partial charge in [-0.25, -0.2) is 9.78 Å². The first-order valence-corrected chi connectivity index (χ1v) is 21.7. The molecule has 0 spiro atoms. The lowest BCUT2D eigenvalue weighted by atomic mass is 9.82. The average Bonchev–Trinajstić information content (AvgIpc) is 3.78. The number of esters is 1. The monoisotopic (exact) mass is 903 g/mol. The van der Waals surface area contributed by atoms with Gasteiger partial charge in [-0.05, 0) is 41.0 Å². The number of aliphatic hydroxyl groups is 1. The van der Waals surface area contributed by atoms with Crippen LogP contribution in [0.1, 0.15) is 89.3 Å². The van der Waals surface area contributed by atoms with E-state index in [0.717, 1.165) is 48.4 Å². The third kappa shape index (κ3) is 16.9. The van der Waals surface area contributed by atoms with Gasteiger partial charge in [0, 0.05) is 38.5 Å². The molecule has 2 unspecified atom stereocenters. The largest absolute Gasteiger partial charge is 0.490 e. The number of imidazole rings is 1. The van der Waals surface area contributed by atoms with Crippen LogP contribution in [-0.4, -0.2) is 123 Å². The highest BCUT2D eigenvalue weighted by Crippen LogP contribution is 2.30. The number of morpholine rings is 1. The summed E-state index contributed by atoms with van der Waals surface area (Å²) in [5.41, 5.74) is 1.43. The van der Waals surface area contributed by atoms with Crippen LogP contribution in [0.25, 0.3) is 10.8 Å². The van der Waals surface area contributed by atoms with Gasteiger partial charge >= 0.3 is 24.1 Å². The van der Waals surface area contributed by atoms with Crippen molar-refractivity contribution in [3.8, 4) is 0 Å². The Kier molecular flexibility index (Phi) is 20.0. The number of hydrogen-bond acceptors (Lipinski definition) is 10. The molecule has 1 aromatic heterocycles. The van der Waals surface area contributed by atoms with Crippen LogP contribution in [-0.2, 0) is 51.1 Å². The first-order valence-electron chi connectivity index (χ1n) is 21.7. The van der Waals surface area contributed by atoms with E-state index in [0.29, 0.717) is 38.4 Å². The van der Waals surface area contributed by atoms with Gasteiger partial charge in [-0.3, -0.25) is 24.0 Å². The molecule has 6 N–H and O–H groups in total. The van der Waals surface area contributed by atoms with Crippen molar-refractivity contribution in [1.82, 2.24) is 25.5 Å². The summed E-state index contributed by atoms with van der Waals surface area (Å²) >= 11 is 0. The van der Waals surface area contributed by atoms with Crippen molar-refractivity contribution >= 4 is 46.4 Å². The number of nitrogens with zero attached hydrogens (tertiary/aromatic N) is 2. The summed E-state index contributed by atoms with van der Waals surface area (Å²) in [6.45, 7) is 5.39. The summed E-state index contributed by atoms with van der Waals surface area (Å²) in [7, 11) is 0. The number of rotatable bonds is 20. The number of carbonyl (C=O) groups excluding carboxylic acids is 4. The zero-order chi connectivity index (χ0) is 46.8. The minimum absolute atomic E-state index is 0.0291. The van der Waals surface area contributed by atoms with Crippen LogP contribution in [0, 0.1) is 17.8 Å². The highest BCUT2D eigenvalue weighted by atomic mass is 19.4. The van der Waals surface area contributed by atoms with Crippen molar-refractivity contribution in [2.45, 2.75) is 121 Å². The maximum absolute atomic E-state index is 14.6. The summed E-state index contributed by atoms with van der Waals surface area (Å²) < 4.78 is 43.1. The van der Waals surface area contributed by atoms with Gasteiger partial charge < -0.3 is 45.3 Å². The standard InChI is InChI=1S/C43H59N5O9.C2HF3O2/c1-28(2)37(49)25-38(57-41(53)16-15-40(51)52)35(21-29-9-4-3-5-10-29)46-43(55)36(24-33-26-44-27-45-33)47-42(54)32(23-39(50)48-17-19-56-20-18-48)22-31-13-8-12-30-11-6-7-14-34(30)31;3-2(4,5)1(6)7/h6-8,11-14,26-29,32,35-38,49H,3-5,9-10,15-25H2,1-2H3,(H,44,45)(H,46,55)(H,47,54)(H,51,52);(H,6,7)/t32-,35-,36-,37?,38?;/m0./s1. The molecule has 2 fully saturated rings. The Morgan fingerprint density at radius 3 is 2.22 bits per heavy atom. The third-order valence-corrected chi connectivity index (χ3v) is 11.5. The number of aromatic amines is 1. The smallest absolute Gasteiger partial charge is 0.481 e. The number of aliphatic hydroxyl groups excluding tert-OH is 1. The number of carboxylic acid groups (broad SMARTS) is 2. The quantitative estimate of drug-likeness (QED) is 0.0825. The molecule has 1 aliphatic carbocycles. The first kappa shape index (κ1) is 51.1. The van der Waals surface area contributed by atoms with Crippen molar-refractivity contribution in [1.29, 1.82) is 0 Å². The SMILES string of the molecule is CC(C)C(O)CC(OC(=O)CCC(=O)O)[C@H](CC1CCCCC1)NC(=O)[C@H](Cc1c[nH]cn1)NC(=O)[C@H](CC(=O)N1CCOCC1)Cc1cccc2ccccc12.O=C(O)C(F)(F)F. The normalized spacial score (nSPS) is 17.0. The molecule has 1 saturated carbocycles. The number of amides is 3. The highest BCUT2D eigenvalue weighted by molar-refractivity contribution is 5.92. The molecule has 0 bridgehead atoms. The van der Waals surface area contributed by atoms with Gasteiger partial charge in [-0.2, -0.15) is 13.2 Å². The van der Waals surface area contributed by atoms with Gasteiger partial charge in [0.15, 0.2) is 0 Å². The number of alkyl halides is 3. The number of ether oxygens (including phenoxy) is 2. The van der Waals surface area contributed by atoms with Crippen molar-refractivity contribution < 1.29 is 66.7 Å². The molecule has 352 valence electrons. The Balaban J connectivity index is 0.00000118. The first-order chi connectivity index (χ1) is 30.4. The number of fused-ring (bicyclic) bond motifs is 1. The van der Waals surface area contributed by atoms with E-state index in [1.165, 1.54) is 6.33 Å². The fraction of sp³-hybridized carbons (Fsp3) is 0.578. The number of benzene rings is 2. The Bertz CT molecular complexity index is 1980. The molecular formula is C45H60F3N5O11. The molecule has 2 aliphatic rings. The number of halogens is 3. The second-order valence-corrected chi connectivity index (χ2v) is 16.7. The topological polar surface area (TPSA) is 238 Å². The third-order valence-electron chi connectivity index (χ3n) is 11.5. The fourth-order valence-corrected chi connectivity index (χ4v) is 7.87. The van der Waals surface area contributed by atoms with E-state index in [1.54, 1.807) is 11.1 Å². The van der Waals surface area contributed by atoms with Gasteiger partial charge in [-0.1, -0.05) is 88.4 Å². The molecule has 3 aromatic rings. The zero-order valence-corrected chi connectivity index (χ0v) is 36.2. The van der Waals surface area contributed by atoms with Crippen LogP contribution in [0.3, 0.4) is 0 Å². The van der Waals surface area contributed by atoms with E-state index < -0.39 is 72.5 Å². The van der Waals surface area contributed by atoms with E-state index in [4.69, 9.17) is 19.4 Å². The van der Waals surface area contributed by atoms with Gasteiger partial charge in [-0.15, -0.1) is 0 Å². The summed E-state index contributed by atoms with van der Waals surface area (Å²) in [6, 6.07) is 11.9. The Morgan fingerprint density at radius 2 is 1.59 bits per heavy atom. The second-order valence-electron chi connectivity index (χ2n) is 16.7. The van der Waals surface area contributed by atoms with E-state index in [-0.39, 0.29) is 49.8 Å². The van der Waals surface area contributed by atoms with Crippen molar-refractivity contribution in [3.63, 3.8) is 0 Å². The van der Waals surface area contributed by atoms with Crippen LogP contribution in [0.4, 0.5) is 13.2 Å². The van der Waals surface area contributed by atoms with Crippen LogP contribution in [0.2, 0.25) is 0 Å². The van der Waals surface area contributed by atoms with E-state index >= 15 is 0 Å². The number of aromatic nitrogens is 2. The molecule has 1 aliphatic heterocycles. The van der Waals surface area contributed by atoms with Crippen molar-refractivity contribution in [3.05, 3.63) is 66.2 Å². The van der Waals surface area contributed by atoms with Crippen LogP contribution >= 0.6 is 0 Å². The minimum atomic E-state index is -5.08. The predicted octanol–water partition coefficient (Wildman–Crippen LogP) is 4.97. The summed E-state index contributed by atoms with van der Waals surface area (Å²) in [5, 5.41) is 35.4. The van der Waals surface area contributed by atoms with Gasteiger partial charge in [0.25, 0.3) is 0 Å². The average molecular weight is 904 g/mol. The van der Waals surface area contributed by atoms with E-state index in [1.807, 2.05) is 56.3 Å². The molecule has 2 heterocycles. The Morgan fingerprint density at radius 1 is 0.922 bits per heavy atom. The van der Waals surface area contributed by atoms with Crippen molar-refractivity contribution in [2.75, 3.05) is 26.3 Å². The number of carbonyl (C=O) groups is 6.